The van der Waals surface area contributed by atoms with Gasteiger partial charge in [-0.05, 0) is 0 Å². The zero-order chi connectivity index (χ0) is 17.0. The Morgan fingerprint density at radius 3 is 2.61 bits per heavy atom. The number of nitrogens with one attached hydrogen (secondary N) is 2. The van der Waals surface area contributed by atoms with Crippen molar-refractivity contribution in [3.63, 3.8) is 0 Å². The van der Waals surface area contributed by atoms with Crippen LogP contribution in [0.15, 0.2) is 5.38 Å². The van der Waals surface area contributed by atoms with Crippen LogP contribution in [0, 0.1) is 0 Å². The lowest BCUT2D eigenvalue weighted by atomic mass is 10.2. The number of carbonyl (C=O) groups excluding carboxylic acids is 1. The fourth-order valence-corrected chi connectivity index (χ4v) is 3.20. The fourth-order valence-electron chi connectivity index (χ4n) is 2.38. The summed E-state index contributed by atoms with van der Waals surface area (Å²) in [5, 5.41) is 7.78. The van der Waals surface area contributed by atoms with Crippen LogP contribution in [0.1, 0.15) is 35.3 Å². The Hall–Kier alpha value is -1.19. The van der Waals surface area contributed by atoms with Gasteiger partial charge in [-0.15, -0.1) is 11.3 Å². The Labute approximate surface area is 137 Å². The van der Waals surface area contributed by atoms with E-state index in [1.165, 1.54) is 16.2 Å². The number of thiazole rings is 1. The number of carbonyl (C=O) groups is 1. The first kappa shape index (κ1) is 18.2. The Kier molecular flexibility index (Phi) is 5.99. The molecule has 0 aromatic carbocycles. The Morgan fingerprint density at radius 2 is 2.09 bits per heavy atom. The van der Waals surface area contributed by atoms with Gasteiger partial charge in [0, 0.05) is 44.0 Å². The van der Waals surface area contributed by atoms with E-state index in [1.54, 1.807) is 5.38 Å². The zero-order valence-electron chi connectivity index (χ0n) is 13.1. The van der Waals surface area contributed by atoms with Gasteiger partial charge in [0.15, 0.2) is 0 Å². The summed E-state index contributed by atoms with van der Waals surface area (Å²) in [4.78, 5) is 17.6. The molecule has 1 aliphatic rings. The molecule has 0 aliphatic carbocycles. The fraction of sp³-hybridized carbons (Fsp3) is 0.714. The zero-order valence-corrected chi connectivity index (χ0v) is 13.9. The monoisotopic (exact) mass is 350 g/mol. The Balaban J connectivity index is 1.98. The van der Waals surface area contributed by atoms with Crippen LogP contribution in [0.3, 0.4) is 0 Å². The average molecular weight is 350 g/mol. The third-order valence-corrected chi connectivity index (χ3v) is 4.82. The summed E-state index contributed by atoms with van der Waals surface area (Å²) in [5.41, 5.74) is 0.180. The summed E-state index contributed by atoms with van der Waals surface area (Å²) >= 11 is 1.34. The predicted molar refractivity (Wildman–Crippen MR) is 82.8 cm³/mol. The van der Waals surface area contributed by atoms with Crippen molar-refractivity contribution in [2.24, 2.45) is 0 Å². The van der Waals surface area contributed by atoms with E-state index in [9.17, 15) is 18.0 Å². The van der Waals surface area contributed by atoms with Crippen molar-refractivity contribution < 1.29 is 18.0 Å². The van der Waals surface area contributed by atoms with Crippen molar-refractivity contribution in [3.05, 3.63) is 16.1 Å². The molecule has 0 radical (unpaired) electrons. The molecule has 130 valence electrons. The van der Waals surface area contributed by atoms with Crippen LogP contribution in [0.2, 0.25) is 0 Å². The molecule has 1 fully saturated rings. The minimum absolute atomic E-state index is 0.180. The lowest BCUT2D eigenvalue weighted by Gasteiger charge is -2.35. The van der Waals surface area contributed by atoms with Crippen molar-refractivity contribution >= 4 is 17.2 Å². The van der Waals surface area contributed by atoms with E-state index in [4.69, 9.17) is 0 Å². The molecule has 1 aromatic rings. The topological polar surface area (TPSA) is 57.3 Å². The van der Waals surface area contributed by atoms with E-state index in [-0.39, 0.29) is 11.6 Å². The van der Waals surface area contributed by atoms with Gasteiger partial charge in [0.1, 0.15) is 11.7 Å². The molecule has 0 saturated carbocycles. The van der Waals surface area contributed by atoms with Crippen molar-refractivity contribution in [2.75, 3.05) is 32.7 Å². The van der Waals surface area contributed by atoms with Crippen LogP contribution in [-0.4, -0.2) is 60.7 Å². The molecule has 0 bridgehead atoms. The number of hydrogen-bond acceptors (Lipinski definition) is 5. The van der Waals surface area contributed by atoms with Gasteiger partial charge in [-0.3, -0.25) is 9.69 Å². The average Bonchev–Trinajstić information content (AvgIpc) is 2.97. The number of nitrogens with zero attached hydrogens (tertiary/aromatic N) is 2. The normalized spacial score (nSPS) is 18.2. The van der Waals surface area contributed by atoms with Crippen molar-refractivity contribution in [3.8, 4) is 0 Å². The van der Waals surface area contributed by atoms with Crippen LogP contribution in [0.5, 0.6) is 0 Å². The molecular weight excluding hydrogens is 329 g/mol. The van der Waals surface area contributed by atoms with Crippen molar-refractivity contribution in [1.82, 2.24) is 20.5 Å². The maximum Gasteiger partial charge on any atom is 0.405 e. The van der Waals surface area contributed by atoms with E-state index in [1.807, 2.05) is 13.8 Å². The molecule has 23 heavy (non-hydrogen) atoms. The molecule has 1 saturated heterocycles. The molecule has 2 N–H and O–H groups in total. The van der Waals surface area contributed by atoms with Gasteiger partial charge < -0.3 is 10.6 Å². The Bertz CT molecular complexity index is 526. The van der Waals surface area contributed by atoms with Gasteiger partial charge in [-0.2, -0.15) is 13.2 Å². The van der Waals surface area contributed by atoms with Gasteiger partial charge in [0.05, 0.1) is 5.01 Å². The lowest BCUT2D eigenvalue weighted by Crippen LogP contribution is -2.57. The molecule has 1 amide bonds. The predicted octanol–water partition coefficient (Wildman–Crippen LogP) is 1.83. The minimum Gasteiger partial charge on any atom is -0.349 e. The SMILES string of the molecule is CC(C)c1nc(C(=O)NCC(N2CCNCC2)C(F)(F)F)cs1. The number of hydrogen-bond donors (Lipinski definition) is 2. The number of rotatable bonds is 5. The highest BCUT2D eigenvalue weighted by Gasteiger charge is 2.43. The van der Waals surface area contributed by atoms with Gasteiger partial charge in [0.2, 0.25) is 0 Å². The largest absolute Gasteiger partial charge is 0.405 e. The number of amides is 1. The molecular formula is C14H21F3N4OS. The third kappa shape index (κ3) is 4.89. The maximum absolute atomic E-state index is 13.2. The molecule has 2 rings (SSSR count). The van der Waals surface area contributed by atoms with Crippen molar-refractivity contribution in [1.29, 1.82) is 0 Å². The highest BCUT2D eigenvalue weighted by Crippen LogP contribution is 2.25. The molecule has 0 spiro atoms. The number of piperazine rings is 1. The smallest absolute Gasteiger partial charge is 0.349 e. The molecule has 1 aliphatic heterocycles. The highest BCUT2D eigenvalue weighted by molar-refractivity contribution is 7.09. The van der Waals surface area contributed by atoms with Gasteiger partial charge in [-0.25, -0.2) is 4.98 Å². The number of alkyl halides is 3. The summed E-state index contributed by atoms with van der Waals surface area (Å²) in [6, 6.07) is -1.67. The Morgan fingerprint density at radius 1 is 1.43 bits per heavy atom. The van der Waals surface area contributed by atoms with Crippen LogP contribution in [-0.2, 0) is 0 Å². The number of aromatic nitrogens is 1. The third-order valence-electron chi connectivity index (χ3n) is 3.67. The van der Waals surface area contributed by atoms with Gasteiger partial charge in [0.25, 0.3) is 5.91 Å². The number of halogens is 3. The second kappa shape index (κ2) is 7.59. The first-order valence-corrected chi connectivity index (χ1v) is 8.42. The maximum atomic E-state index is 13.2. The lowest BCUT2D eigenvalue weighted by molar-refractivity contribution is -0.183. The van der Waals surface area contributed by atoms with E-state index >= 15 is 0 Å². The van der Waals surface area contributed by atoms with E-state index in [2.05, 4.69) is 15.6 Å². The second-order valence-electron chi connectivity index (χ2n) is 5.78. The standard InChI is InChI=1S/C14H21F3N4OS/c1-9(2)13-20-10(8-23-13)12(22)19-7-11(14(15,16)17)21-5-3-18-4-6-21/h8-9,11,18H,3-7H2,1-2H3,(H,19,22). The molecule has 1 unspecified atom stereocenters. The van der Waals surface area contributed by atoms with Crippen LogP contribution in [0.4, 0.5) is 13.2 Å². The molecule has 9 heteroatoms. The summed E-state index contributed by atoms with van der Waals surface area (Å²) in [6.45, 7) is 5.10. The van der Waals surface area contributed by atoms with Crippen LogP contribution in [0.25, 0.3) is 0 Å². The first-order chi connectivity index (χ1) is 10.8. The molecule has 1 aromatic heterocycles. The second-order valence-corrected chi connectivity index (χ2v) is 6.67. The minimum atomic E-state index is -4.38. The summed E-state index contributed by atoms with van der Waals surface area (Å²) in [7, 11) is 0. The summed E-state index contributed by atoms with van der Waals surface area (Å²) in [6.07, 6.45) is -4.38. The quantitative estimate of drug-likeness (QED) is 0.851. The van der Waals surface area contributed by atoms with E-state index < -0.39 is 24.7 Å². The van der Waals surface area contributed by atoms with E-state index in [0.717, 1.165) is 5.01 Å². The van der Waals surface area contributed by atoms with E-state index in [0.29, 0.717) is 26.2 Å². The van der Waals surface area contributed by atoms with Crippen LogP contribution < -0.4 is 10.6 Å². The summed E-state index contributed by atoms with van der Waals surface area (Å²) in [5.74, 6) is -0.372. The molecule has 1 atom stereocenters. The van der Waals surface area contributed by atoms with Gasteiger partial charge >= 0.3 is 6.18 Å². The van der Waals surface area contributed by atoms with Crippen LogP contribution >= 0.6 is 11.3 Å². The molecule has 2 heterocycles. The molecule has 5 nitrogen and oxygen atoms in total. The van der Waals surface area contributed by atoms with Gasteiger partial charge in [-0.1, -0.05) is 13.8 Å². The summed E-state index contributed by atoms with van der Waals surface area (Å²) < 4.78 is 39.7. The van der Waals surface area contributed by atoms with Crippen molar-refractivity contribution in [2.45, 2.75) is 32.0 Å². The first-order valence-electron chi connectivity index (χ1n) is 7.54. The highest BCUT2D eigenvalue weighted by atomic mass is 32.1.